The van der Waals surface area contributed by atoms with Gasteiger partial charge in [0.1, 0.15) is 0 Å². The van der Waals surface area contributed by atoms with E-state index >= 15 is 0 Å². The highest BCUT2D eigenvalue weighted by Gasteiger charge is 2.12. The highest BCUT2D eigenvalue weighted by molar-refractivity contribution is 7.99. The van der Waals surface area contributed by atoms with Gasteiger partial charge in [-0.15, -0.1) is 16.9 Å². The Morgan fingerprint density at radius 3 is 2.68 bits per heavy atom. The molecule has 0 aliphatic heterocycles. The molecule has 3 aromatic rings. The van der Waals surface area contributed by atoms with Crippen LogP contribution in [0.5, 0.6) is 0 Å². The number of aromatic nitrogens is 3. The third-order valence-corrected chi connectivity index (χ3v) is 4.86. The van der Waals surface area contributed by atoms with Crippen LogP contribution < -0.4 is 5.32 Å². The fourth-order valence-electron chi connectivity index (χ4n) is 2.19. The average Bonchev–Trinajstić information content (AvgIpc) is 3.12. The van der Waals surface area contributed by atoms with Gasteiger partial charge in [-0.1, -0.05) is 47.1 Å². The summed E-state index contributed by atoms with van der Waals surface area (Å²) < 4.78 is 1.50. The molecular weight excluding hydrogens is 356 g/mol. The van der Waals surface area contributed by atoms with Crippen molar-refractivity contribution in [1.82, 2.24) is 20.3 Å². The molecule has 1 heterocycles. The minimum absolute atomic E-state index is 0.233. The van der Waals surface area contributed by atoms with E-state index in [-0.39, 0.29) is 11.6 Å². The van der Waals surface area contributed by atoms with E-state index < -0.39 is 0 Å². The SMILES string of the molecule is O=C(NCCCSc1ccccc1)c1cn(-c2ccccc2Cl)nn1. The van der Waals surface area contributed by atoms with Gasteiger partial charge in [-0.2, -0.15) is 0 Å². The van der Waals surface area contributed by atoms with Gasteiger partial charge in [0.25, 0.3) is 5.91 Å². The molecule has 1 amide bonds. The Labute approximate surface area is 155 Å². The lowest BCUT2D eigenvalue weighted by Gasteiger charge is -2.03. The number of thioether (sulfide) groups is 1. The first-order valence-corrected chi connectivity index (χ1v) is 9.24. The molecule has 0 fully saturated rings. The highest BCUT2D eigenvalue weighted by atomic mass is 35.5. The summed E-state index contributed by atoms with van der Waals surface area (Å²) in [5, 5.41) is 11.3. The molecule has 0 saturated heterocycles. The van der Waals surface area contributed by atoms with Crippen molar-refractivity contribution < 1.29 is 4.79 Å². The van der Waals surface area contributed by atoms with E-state index in [0.717, 1.165) is 12.2 Å². The normalized spacial score (nSPS) is 10.6. The number of hydrogen-bond acceptors (Lipinski definition) is 4. The molecule has 25 heavy (non-hydrogen) atoms. The van der Waals surface area contributed by atoms with Gasteiger partial charge in [0.2, 0.25) is 0 Å². The maximum Gasteiger partial charge on any atom is 0.273 e. The second-order valence-corrected chi connectivity index (χ2v) is 6.85. The molecule has 0 spiro atoms. The Balaban J connectivity index is 1.47. The van der Waals surface area contributed by atoms with Crippen LogP contribution in [0.3, 0.4) is 0 Å². The average molecular weight is 373 g/mol. The van der Waals surface area contributed by atoms with Gasteiger partial charge >= 0.3 is 0 Å². The lowest BCUT2D eigenvalue weighted by Crippen LogP contribution is -2.25. The van der Waals surface area contributed by atoms with Crippen LogP contribution in [-0.4, -0.2) is 33.2 Å². The van der Waals surface area contributed by atoms with Crippen LogP contribution >= 0.6 is 23.4 Å². The topological polar surface area (TPSA) is 59.8 Å². The Kier molecular flexibility index (Phi) is 6.09. The molecule has 0 bridgehead atoms. The van der Waals surface area contributed by atoms with Crippen LogP contribution in [-0.2, 0) is 0 Å². The maximum absolute atomic E-state index is 12.1. The number of hydrogen-bond donors (Lipinski definition) is 1. The van der Waals surface area contributed by atoms with Crippen molar-refractivity contribution in [3.8, 4) is 5.69 Å². The largest absolute Gasteiger partial charge is 0.351 e. The Bertz CT molecular complexity index is 838. The fraction of sp³-hybridized carbons (Fsp3) is 0.167. The lowest BCUT2D eigenvalue weighted by molar-refractivity contribution is 0.0948. The van der Waals surface area contributed by atoms with Crippen molar-refractivity contribution in [3.63, 3.8) is 0 Å². The summed E-state index contributed by atoms with van der Waals surface area (Å²) in [4.78, 5) is 13.4. The third kappa shape index (κ3) is 4.84. The van der Waals surface area contributed by atoms with Crippen molar-refractivity contribution >= 4 is 29.3 Å². The monoisotopic (exact) mass is 372 g/mol. The number of amides is 1. The Morgan fingerprint density at radius 1 is 1.12 bits per heavy atom. The zero-order chi connectivity index (χ0) is 17.5. The summed E-state index contributed by atoms with van der Waals surface area (Å²) in [6.07, 6.45) is 2.46. The molecule has 1 aromatic heterocycles. The fourth-order valence-corrected chi connectivity index (χ4v) is 3.29. The van der Waals surface area contributed by atoms with Crippen molar-refractivity contribution in [1.29, 1.82) is 0 Å². The van der Waals surface area contributed by atoms with Crippen LogP contribution in [0.15, 0.2) is 65.7 Å². The Morgan fingerprint density at radius 2 is 1.88 bits per heavy atom. The molecule has 5 nitrogen and oxygen atoms in total. The van der Waals surface area contributed by atoms with E-state index in [4.69, 9.17) is 11.6 Å². The predicted molar refractivity (Wildman–Crippen MR) is 100 cm³/mol. The first-order chi connectivity index (χ1) is 12.2. The summed E-state index contributed by atoms with van der Waals surface area (Å²) in [6.45, 7) is 0.595. The van der Waals surface area contributed by atoms with E-state index in [2.05, 4.69) is 27.8 Å². The lowest BCUT2D eigenvalue weighted by atomic mass is 10.3. The van der Waals surface area contributed by atoms with E-state index in [9.17, 15) is 4.79 Å². The molecule has 0 radical (unpaired) electrons. The number of rotatable bonds is 7. The first-order valence-electron chi connectivity index (χ1n) is 7.87. The quantitative estimate of drug-likeness (QED) is 0.505. The summed E-state index contributed by atoms with van der Waals surface area (Å²) >= 11 is 7.90. The van der Waals surface area contributed by atoms with Gasteiger partial charge in [0.15, 0.2) is 5.69 Å². The summed E-state index contributed by atoms with van der Waals surface area (Å²) in [5.41, 5.74) is 0.964. The third-order valence-electron chi connectivity index (χ3n) is 3.44. The van der Waals surface area contributed by atoms with Gasteiger partial charge in [-0.05, 0) is 36.4 Å². The molecule has 0 atom stereocenters. The number of benzene rings is 2. The van der Waals surface area contributed by atoms with Gasteiger partial charge in [0, 0.05) is 11.4 Å². The molecule has 3 rings (SSSR count). The molecule has 0 saturated carbocycles. The van der Waals surface area contributed by atoms with Crippen molar-refractivity contribution in [3.05, 3.63) is 71.5 Å². The van der Waals surface area contributed by atoms with Crippen LogP contribution in [0.25, 0.3) is 5.69 Å². The minimum Gasteiger partial charge on any atom is -0.351 e. The first kappa shape index (κ1) is 17.5. The van der Waals surface area contributed by atoms with Crippen LogP contribution in [0.4, 0.5) is 0 Å². The number of carbonyl (C=O) groups is 1. The highest BCUT2D eigenvalue weighted by Crippen LogP contribution is 2.19. The van der Waals surface area contributed by atoms with E-state index in [1.807, 2.05) is 36.4 Å². The van der Waals surface area contributed by atoms with Crippen LogP contribution in [0.2, 0.25) is 5.02 Å². The molecule has 2 aromatic carbocycles. The van der Waals surface area contributed by atoms with Crippen molar-refractivity contribution in [2.75, 3.05) is 12.3 Å². The minimum atomic E-state index is -0.233. The maximum atomic E-state index is 12.1. The number of nitrogens with one attached hydrogen (secondary N) is 1. The van der Waals surface area contributed by atoms with E-state index in [0.29, 0.717) is 17.3 Å². The molecule has 0 aliphatic carbocycles. The van der Waals surface area contributed by atoms with E-state index in [1.165, 1.54) is 9.58 Å². The smallest absolute Gasteiger partial charge is 0.273 e. The standard InChI is InChI=1S/C18H17ClN4OS/c19-15-9-4-5-10-17(15)23-13-16(21-22-23)18(24)20-11-6-12-25-14-7-2-1-3-8-14/h1-5,7-10,13H,6,11-12H2,(H,20,24). The molecule has 7 heteroatoms. The molecule has 128 valence electrons. The van der Waals surface area contributed by atoms with Crippen LogP contribution in [0.1, 0.15) is 16.9 Å². The number of carbonyl (C=O) groups excluding carboxylic acids is 1. The number of halogens is 1. The zero-order valence-corrected chi connectivity index (χ0v) is 15.0. The second-order valence-electron chi connectivity index (χ2n) is 5.27. The predicted octanol–water partition coefficient (Wildman–Crippen LogP) is 3.83. The molecule has 0 aliphatic rings. The molecule has 0 unspecified atom stereocenters. The van der Waals surface area contributed by atoms with Gasteiger partial charge in [0.05, 0.1) is 16.9 Å². The van der Waals surface area contributed by atoms with Crippen molar-refractivity contribution in [2.24, 2.45) is 0 Å². The summed E-state index contributed by atoms with van der Waals surface area (Å²) in [5.74, 6) is 0.708. The number of nitrogens with zero attached hydrogens (tertiary/aromatic N) is 3. The second kappa shape index (κ2) is 8.69. The Hall–Kier alpha value is -2.31. The summed E-state index contributed by atoms with van der Waals surface area (Å²) in [6, 6.07) is 17.5. The molecule has 1 N–H and O–H groups in total. The summed E-state index contributed by atoms with van der Waals surface area (Å²) in [7, 11) is 0. The zero-order valence-electron chi connectivity index (χ0n) is 13.4. The van der Waals surface area contributed by atoms with Crippen LogP contribution in [0, 0.1) is 0 Å². The number of para-hydroxylation sites is 1. The molecular formula is C18H17ClN4OS. The van der Waals surface area contributed by atoms with Gasteiger partial charge in [-0.3, -0.25) is 4.79 Å². The van der Waals surface area contributed by atoms with Crippen molar-refractivity contribution in [2.45, 2.75) is 11.3 Å². The van der Waals surface area contributed by atoms with E-state index in [1.54, 1.807) is 24.0 Å². The van der Waals surface area contributed by atoms with Gasteiger partial charge < -0.3 is 5.32 Å². The van der Waals surface area contributed by atoms with Gasteiger partial charge in [-0.25, -0.2) is 4.68 Å².